The lowest BCUT2D eigenvalue weighted by atomic mass is 10.2. The molecule has 0 bridgehead atoms. The number of nitrogens with zero attached hydrogens (tertiary/aromatic N) is 5. The lowest BCUT2D eigenvalue weighted by Crippen LogP contribution is -2.29. The van der Waals surface area contributed by atoms with E-state index in [2.05, 4.69) is 30.1 Å². The van der Waals surface area contributed by atoms with Crippen molar-refractivity contribution in [2.45, 2.75) is 43.2 Å². The van der Waals surface area contributed by atoms with Gasteiger partial charge in [0, 0.05) is 22.4 Å². The number of alkyl halides is 2. The predicted octanol–water partition coefficient (Wildman–Crippen LogP) is 2.85. The maximum Gasteiger partial charge on any atom is 0.387 e. The van der Waals surface area contributed by atoms with Crippen LogP contribution in [0.3, 0.4) is 0 Å². The third-order valence-corrected chi connectivity index (χ3v) is 5.76. The van der Waals surface area contributed by atoms with Crippen molar-refractivity contribution >= 4 is 23.6 Å². The monoisotopic (exact) mass is 489 g/mol. The first kappa shape index (κ1) is 23.5. The number of benzene rings is 1. The van der Waals surface area contributed by atoms with Gasteiger partial charge in [-0.15, -0.1) is 16.9 Å². The molecular formula is C21H21F2N7O3S. The van der Waals surface area contributed by atoms with E-state index in [-0.39, 0.29) is 28.7 Å². The van der Waals surface area contributed by atoms with E-state index < -0.39 is 24.5 Å². The van der Waals surface area contributed by atoms with Crippen LogP contribution in [-0.4, -0.2) is 49.4 Å². The fourth-order valence-corrected chi connectivity index (χ4v) is 3.72. The normalized spacial score (nSPS) is 14.1. The number of nitrogens with two attached hydrogens (primary N) is 1. The molecule has 1 fully saturated rings. The average molecular weight is 490 g/mol. The molecular weight excluding hydrogens is 468 g/mol. The molecule has 2 amide bonds. The lowest BCUT2D eigenvalue weighted by molar-refractivity contribution is -0.0500. The largest absolute Gasteiger partial charge is 0.435 e. The van der Waals surface area contributed by atoms with Crippen molar-refractivity contribution in [3.05, 3.63) is 53.5 Å². The second kappa shape index (κ2) is 9.71. The van der Waals surface area contributed by atoms with Gasteiger partial charge in [-0.05, 0) is 44.2 Å². The topological polar surface area (TPSA) is 138 Å². The van der Waals surface area contributed by atoms with Gasteiger partial charge < -0.3 is 15.8 Å². The van der Waals surface area contributed by atoms with Crippen LogP contribution in [0.15, 0.2) is 35.5 Å². The molecule has 10 nitrogen and oxygen atoms in total. The van der Waals surface area contributed by atoms with E-state index in [9.17, 15) is 18.4 Å². The molecule has 0 radical (unpaired) electrons. The second-order valence-corrected chi connectivity index (χ2v) is 8.49. The molecule has 1 aliphatic carbocycles. The van der Waals surface area contributed by atoms with Crippen molar-refractivity contribution < 1.29 is 23.1 Å². The van der Waals surface area contributed by atoms with Gasteiger partial charge in [0.2, 0.25) is 0 Å². The Bertz CT molecular complexity index is 1230. The highest BCUT2D eigenvalue weighted by molar-refractivity contribution is 7.98. The molecule has 1 atom stereocenters. The summed E-state index contributed by atoms with van der Waals surface area (Å²) < 4.78 is 31.3. The number of hydrogen-bond donors (Lipinski definition) is 2. The Morgan fingerprint density at radius 3 is 2.65 bits per heavy atom. The molecule has 3 aromatic rings. The molecule has 4 rings (SSSR count). The third-order valence-electron chi connectivity index (χ3n) is 5.05. The molecule has 1 aliphatic rings. The van der Waals surface area contributed by atoms with Crippen molar-refractivity contribution in [1.82, 2.24) is 30.0 Å². The Kier molecular flexibility index (Phi) is 6.72. The SMILES string of the molecule is CSc1cc(OC(F)F)cc(C(=O)N[C@@H](C)c2nc(C3CC3)nn2-c2cc(C(N)=O)ncn2)c1. The van der Waals surface area contributed by atoms with Crippen molar-refractivity contribution in [3.8, 4) is 11.6 Å². The maximum absolute atomic E-state index is 13.0. The van der Waals surface area contributed by atoms with E-state index in [1.54, 1.807) is 19.2 Å². The third kappa shape index (κ3) is 5.30. The van der Waals surface area contributed by atoms with Gasteiger partial charge in [-0.3, -0.25) is 9.59 Å². The minimum atomic E-state index is -3.01. The Labute approximate surface area is 197 Å². The van der Waals surface area contributed by atoms with Crippen LogP contribution in [0.2, 0.25) is 0 Å². The molecule has 2 heterocycles. The molecule has 0 saturated heterocycles. The number of rotatable bonds is 9. The van der Waals surface area contributed by atoms with Gasteiger partial charge in [0.25, 0.3) is 11.8 Å². The standard InChI is InChI=1S/C21H21F2N7O3S/c1-10(27-20(32)12-5-13(33-21(22)23)7-14(6-12)34-2)19-28-18(11-3-4-11)29-30(19)16-8-15(17(24)31)25-9-26-16/h5-11,21H,3-4H2,1-2H3,(H2,24,31)(H,27,32)/t10-/m0/s1. The first-order valence-electron chi connectivity index (χ1n) is 10.3. The molecule has 0 unspecified atom stereocenters. The van der Waals surface area contributed by atoms with E-state index in [1.165, 1.54) is 41.0 Å². The van der Waals surface area contributed by atoms with Crippen LogP contribution in [0, 0.1) is 0 Å². The summed E-state index contributed by atoms with van der Waals surface area (Å²) in [7, 11) is 0. The first-order chi connectivity index (χ1) is 16.2. The Morgan fingerprint density at radius 1 is 1.24 bits per heavy atom. The van der Waals surface area contributed by atoms with Crippen LogP contribution in [-0.2, 0) is 0 Å². The van der Waals surface area contributed by atoms with Crippen LogP contribution in [0.5, 0.6) is 5.75 Å². The molecule has 3 N–H and O–H groups in total. The number of halogens is 2. The number of aromatic nitrogens is 5. The van der Waals surface area contributed by atoms with Crippen molar-refractivity contribution in [1.29, 1.82) is 0 Å². The van der Waals surface area contributed by atoms with E-state index in [0.29, 0.717) is 16.5 Å². The molecule has 1 saturated carbocycles. The summed E-state index contributed by atoms with van der Waals surface area (Å²) >= 11 is 1.29. The smallest absolute Gasteiger partial charge is 0.387 e. The molecule has 34 heavy (non-hydrogen) atoms. The Hall–Kier alpha value is -3.61. The van der Waals surface area contributed by atoms with Gasteiger partial charge in [0.15, 0.2) is 17.5 Å². The summed E-state index contributed by atoms with van der Waals surface area (Å²) in [6, 6.07) is 5.01. The van der Waals surface area contributed by atoms with E-state index in [1.807, 2.05) is 0 Å². The number of nitrogens with one attached hydrogen (secondary N) is 1. The minimum Gasteiger partial charge on any atom is -0.435 e. The Balaban J connectivity index is 1.63. The quantitative estimate of drug-likeness (QED) is 0.438. The zero-order valence-electron chi connectivity index (χ0n) is 18.2. The fourth-order valence-electron chi connectivity index (χ4n) is 3.24. The number of hydrogen-bond acceptors (Lipinski definition) is 8. The molecule has 0 spiro atoms. The highest BCUT2D eigenvalue weighted by Crippen LogP contribution is 2.38. The van der Waals surface area contributed by atoms with Crippen LogP contribution in [0.1, 0.15) is 64.2 Å². The summed E-state index contributed by atoms with van der Waals surface area (Å²) in [6.07, 6.45) is 4.86. The molecule has 178 valence electrons. The van der Waals surface area contributed by atoms with Crippen LogP contribution >= 0.6 is 11.8 Å². The summed E-state index contributed by atoms with van der Waals surface area (Å²) in [5.41, 5.74) is 5.49. The average Bonchev–Trinajstić information content (AvgIpc) is 3.56. The highest BCUT2D eigenvalue weighted by Gasteiger charge is 2.31. The minimum absolute atomic E-state index is 0.0107. The fraction of sp³-hybridized carbons (Fsp3) is 0.333. The zero-order chi connectivity index (χ0) is 24.4. The molecule has 2 aromatic heterocycles. The lowest BCUT2D eigenvalue weighted by Gasteiger charge is -2.15. The van der Waals surface area contributed by atoms with Gasteiger partial charge in [-0.2, -0.15) is 13.5 Å². The maximum atomic E-state index is 13.0. The van der Waals surface area contributed by atoms with E-state index >= 15 is 0 Å². The van der Waals surface area contributed by atoms with Crippen LogP contribution in [0.4, 0.5) is 8.78 Å². The number of amides is 2. The van der Waals surface area contributed by atoms with Gasteiger partial charge >= 0.3 is 6.61 Å². The van der Waals surface area contributed by atoms with E-state index in [4.69, 9.17) is 5.73 Å². The van der Waals surface area contributed by atoms with Gasteiger partial charge in [0.05, 0.1) is 6.04 Å². The number of carbonyl (C=O) groups is 2. The van der Waals surface area contributed by atoms with Gasteiger partial charge in [-0.1, -0.05) is 0 Å². The van der Waals surface area contributed by atoms with Gasteiger partial charge in [-0.25, -0.2) is 15.0 Å². The molecule has 0 aliphatic heterocycles. The summed E-state index contributed by atoms with van der Waals surface area (Å²) in [4.78, 5) is 37.7. The summed E-state index contributed by atoms with van der Waals surface area (Å²) in [5.74, 6) is 0.139. The van der Waals surface area contributed by atoms with Crippen LogP contribution in [0.25, 0.3) is 5.82 Å². The number of ether oxygens (including phenoxy) is 1. The molecule has 1 aromatic carbocycles. The van der Waals surface area contributed by atoms with Gasteiger partial charge in [0.1, 0.15) is 17.8 Å². The van der Waals surface area contributed by atoms with E-state index in [0.717, 1.165) is 12.8 Å². The number of carbonyl (C=O) groups excluding carboxylic acids is 2. The Morgan fingerprint density at radius 2 is 2.00 bits per heavy atom. The summed E-state index contributed by atoms with van der Waals surface area (Å²) in [5, 5.41) is 7.34. The zero-order valence-corrected chi connectivity index (χ0v) is 19.1. The van der Waals surface area contributed by atoms with Crippen molar-refractivity contribution in [3.63, 3.8) is 0 Å². The number of primary amides is 1. The van der Waals surface area contributed by atoms with Crippen LogP contribution < -0.4 is 15.8 Å². The van der Waals surface area contributed by atoms with Crippen molar-refractivity contribution in [2.24, 2.45) is 5.73 Å². The summed E-state index contributed by atoms with van der Waals surface area (Å²) in [6.45, 7) is -1.30. The number of thioether (sulfide) groups is 1. The predicted molar refractivity (Wildman–Crippen MR) is 118 cm³/mol. The second-order valence-electron chi connectivity index (χ2n) is 7.61. The first-order valence-corrected chi connectivity index (χ1v) is 11.5. The molecule has 13 heteroatoms. The highest BCUT2D eigenvalue weighted by atomic mass is 32.2. The van der Waals surface area contributed by atoms with Crippen molar-refractivity contribution in [2.75, 3.05) is 6.26 Å².